The van der Waals surface area contributed by atoms with E-state index >= 15 is 0 Å². The van der Waals surface area contributed by atoms with Crippen LogP contribution in [0, 0.1) is 5.92 Å². The summed E-state index contributed by atoms with van der Waals surface area (Å²) in [4.78, 5) is 7.66. The zero-order valence-electron chi connectivity index (χ0n) is 7.40. The lowest BCUT2D eigenvalue weighted by Gasteiger charge is -2.26. The number of hydrogen-bond acceptors (Lipinski definition) is 3. The third kappa shape index (κ3) is 1.59. The minimum atomic E-state index is -2.40. The Balaban J connectivity index is 2.29. The Labute approximate surface area is 79.8 Å². The van der Waals surface area contributed by atoms with Gasteiger partial charge in [0.05, 0.1) is 11.8 Å². The second-order valence-corrected chi connectivity index (χ2v) is 3.47. The normalized spacial score (nSPS) is 26.3. The van der Waals surface area contributed by atoms with Crippen LogP contribution in [0.15, 0.2) is 12.5 Å². The van der Waals surface area contributed by atoms with Crippen LogP contribution in [-0.2, 0) is 6.42 Å². The zero-order chi connectivity index (χ0) is 10.1. The van der Waals surface area contributed by atoms with Crippen molar-refractivity contribution in [2.75, 3.05) is 0 Å². The van der Waals surface area contributed by atoms with Crippen LogP contribution in [0.2, 0.25) is 0 Å². The van der Waals surface area contributed by atoms with Gasteiger partial charge in [0.1, 0.15) is 6.33 Å². The molecule has 0 unspecified atom stereocenters. The maximum atomic E-state index is 12.4. The topological polar surface area (TPSA) is 46.0 Å². The molecule has 3 nitrogen and oxygen atoms in total. The van der Waals surface area contributed by atoms with Gasteiger partial charge in [0.2, 0.25) is 6.43 Å². The maximum absolute atomic E-state index is 12.4. The molecule has 0 saturated carbocycles. The highest BCUT2D eigenvalue weighted by molar-refractivity contribution is 5.22. The van der Waals surface area contributed by atoms with Crippen molar-refractivity contribution in [3.8, 4) is 0 Å². The average Bonchev–Trinajstić information content (AvgIpc) is 2.17. The number of aromatic nitrogens is 2. The van der Waals surface area contributed by atoms with Crippen LogP contribution >= 0.6 is 0 Å². The van der Waals surface area contributed by atoms with Gasteiger partial charge >= 0.3 is 0 Å². The van der Waals surface area contributed by atoms with Crippen molar-refractivity contribution in [2.45, 2.75) is 25.4 Å². The first-order valence-corrected chi connectivity index (χ1v) is 4.43. The van der Waals surface area contributed by atoms with E-state index in [1.54, 1.807) is 0 Å². The Hall–Kier alpha value is -1.10. The molecule has 2 atom stereocenters. The summed E-state index contributed by atoms with van der Waals surface area (Å²) in [7, 11) is 0. The van der Waals surface area contributed by atoms with E-state index in [1.165, 1.54) is 12.5 Å². The number of halogens is 2. The van der Waals surface area contributed by atoms with Crippen LogP contribution in [0.1, 0.15) is 23.8 Å². The molecular weight excluding hydrogens is 190 g/mol. The fraction of sp³-hybridized carbons (Fsp3) is 0.556. The van der Waals surface area contributed by atoms with E-state index in [-0.39, 0.29) is 12.8 Å². The average molecular weight is 200 g/mol. The van der Waals surface area contributed by atoms with Gasteiger partial charge in [0.15, 0.2) is 0 Å². The Kier molecular flexibility index (Phi) is 2.41. The number of hydrogen-bond donors (Lipinski definition) is 1. The standard InChI is InChI=1S/C9H10F2N2O/c10-9(11)5-1-7-6(8(14)2-5)3-12-4-13-7/h3-5,8-9,14H,1-2H2/t5-,8-/m0/s1. The minimum Gasteiger partial charge on any atom is -0.388 e. The Morgan fingerprint density at radius 3 is 3.00 bits per heavy atom. The quantitative estimate of drug-likeness (QED) is 0.744. The largest absolute Gasteiger partial charge is 0.388 e. The van der Waals surface area contributed by atoms with Gasteiger partial charge in [0, 0.05) is 17.7 Å². The molecular formula is C9H10F2N2O. The SMILES string of the molecule is O[C@H]1C[C@@H](C(F)F)Cc2ncncc21. The van der Waals surface area contributed by atoms with Crippen LogP contribution in [0.4, 0.5) is 8.78 Å². The van der Waals surface area contributed by atoms with Crippen LogP contribution in [0.25, 0.3) is 0 Å². The van der Waals surface area contributed by atoms with Crippen molar-refractivity contribution < 1.29 is 13.9 Å². The lowest BCUT2D eigenvalue weighted by molar-refractivity contribution is 0.0291. The van der Waals surface area contributed by atoms with Crippen molar-refractivity contribution in [1.29, 1.82) is 0 Å². The van der Waals surface area contributed by atoms with Gasteiger partial charge in [-0.05, 0) is 12.8 Å². The van der Waals surface area contributed by atoms with Gasteiger partial charge in [-0.1, -0.05) is 0 Å². The molecule has 0 aliphatic heterocycles. The first kappa shape index (κ1) is 9.45. The summed E-state index contributed by atoms with van der Waals surface area (Å²) in [6.07, 6.45) is -0.106. The van der Waals surface area contributed by atoms with Crippen molar-refractivity contribution in [1.82, 2.24) is 9.97 Å². The Morgan fingerprint density at radius 1 is 1.50 bits per heavy atom. The van der Waals surface area contributed by atoms with Gasteiger partial charge in [-0.3, -0.25) is 0 Å². The summed E-state index contributed by atoms with van der Waals surface area (Å²) in [5.41, 5.74) is 1.13. The first-order chi connectivity index (χ1) is 6.68. The molecule has 1 aliphatic carbocycles. The Morgan fingerprint density at radius 2 is 2.29 bits per heavy atom. The molecule has 0 amide bonds. The first-order valence-electron chi connectivity index (χ1n) is 4.43. The summed E-state index contributed by atoms with van der Waals surface area (Å²) in [5.74, 6) is -0.785. The Bertz CT molecular complexity index is 332. The number of aliphatic hydroxyl groups excluding tert-OH is 1. The second-order valence-electron chi connectivity index (χ2n) is 3.47. The lowest BCUT2D eigenvalue weighted by Crippen LogP contribution is -2.25. The van der Waals surface area contributed by atoms with E-state index in [0.717, 1.165) is 0 Å². The summed E-state index contributed by atoms with van der Waals surface area (Å²) in [5, 5.41) is 9.57. The van der Waals surface area contributed by atoms with Crippen molar-refractivity contribution in [2.24, 2.45) is 5.92 Å². The molecule has 76 valence electrons. The van der Waals surface area contributed by atoms with E-state index in [0.29, 0.717) is 11.3 Å². The van der Waals surface area contributed by atoms with Gasteiger partial charge in [0.25, 0.3) is 0 Å². The van der Waals surface area contributed by atoms with E-state index in [1.807, 2.05) is 0 Å². The molecule has 0 saturated heterocycles. The molecule has 1 aromatic rings. The molecule has 1 aliphatic rings. The highest BCUT2D eigenvalue weighted by atomic mass is 19.3. The maximum Gasteiger partial charge on any atom is 0.241 e. The summed E-state index contributed by atoms with van der Waals surface area (Å²) >= 11 is 0. The molecule has 5 heteroatoms. The minimum absolute atomic E-state index is 0.0953. The van der Waals surface area contributed by atoms with Crippen molar-refractivity contribution in [3.63, 3.8) is 0 Å². The lowest BCUT2D eigenvalue weighted by atomic mass is 9.86. The molecule has 1 heterocycles. The smallest absolute Gasteiger partial charge is 0.241 e. The highest BCUT2D eigenvalue weighted by Crippen LogP contribution is 2.34. The number of rotatable bonds is 1. The fourth-order valence-corrected chi connectivity index (χ4v) is 1.75. The van der Waals surface area contributed by atoms with Crippen molar-refractivity contribution >= 4 is 0 Å². The van der Waals surface area contributed by atoms with E-state index < -0.39 is 18.4 Å². The van der Waals surface area contributed by atoms with Crippen LogP contribution < -0.4 is 0 Å². The zero-order valence-corrected chi connectivity index (χ0v) is 7.40. The number of nitrogens with zero attached hydrogens (tertiary/aromatic N) is 2. The van der Waals surface area contributed by atoms with Gasteiger partial charge in [-0.2, -0.15) is 0 Å². The molecule has 0 radical (unpaired) electrons. The molecule has 0 fully saturated rings. The fourth-order valence-electron chi connectivity index (χ4n) is 1.75. The molecule has 1 aromatic heterocycles. The molecule has 0 spiro atoms. The van der Waals surface area contributed by atoms with E-state index in [4.69, 9.17) is 0 Å². The van der Waals surface area contributed by atoms with E-state index in [9.17, 15) is 13.9 Å². The number of fused-ring (bicyclic) bond motifs is 1. The molecule has 2 rings (SSSR count). The van der Waals surface area contributed by atoms with Gasteiger partial charge in [-0.15, -0.1) is 0 Å². The molecule has 14 heavy (non-hydrogen) atoms. The predicted octanol–water partition coefficient (Wildman–Crippen LogP) is 1.34. The molecule has 0 bridgehead atoms. The van der Waals surface area contributed by atoms with Gasteiger partial charge < -0.3 is 5.11 Å². The second kappa shape index (κ2) is 3.57. The predicted molar refractivity (Wildman–Crippen MR) is 44.8 cm³/mol. The summed E-state index contributed by atoms with van der Waals surface area (Å²) in [6.45, 7) is 0. The molecule has 1 N–H and O–H groups in total. The summed E-state index contributed by atoms with van der Waals surface area (Å²) in [6, 6.07) is 0. The number of alkyl halides is 2. The molecule has 0 aromatic carbocycles. The van der Waals surface area contributed by atoms with E-state index in [2.05, 4.69) is 9.97 Å². The highest BCUT2D eigenvalue weighted by Gasteiger charge is 2.31. The van der Waals surface area contributed by atoms with Crippen LogP contribution in [-0.4, -0.2) is 21.5 Å². The summed E-state index contributed by atoms with van der Waals surface area (Å²) < 4.78 is 24.9. The van der Waals surface area contributed by atoms with Gasteiger partial charge in [-0.25, -0.2) is 18.7 Å². The van der Waals surface area contributed by atoms with Crippen LogP contribution in [0.5, 0.6) is 0 Å². The third-order valence-corrected chi connectivity index (χ3v) is 2.52. The monoisotopic (exact) mass is 200 g/mol. The third-order valence-electron chi connectivity index (χ3n) is 2.52. The van der Waals surface area contributed by atoms with Crippen LogP contribution in [0.3, 0.4) is 0 Å². The van der Waals surface area contributed by atoms with Crippen molar-refractivity contribution in [3.05, 3.63) is 23.8 Å². The number of aliphatic hydroxyl groups is 1.